The fraction of sp³-hybridized carbons (Fsp3) is 0.353. The molecule has 0 aliphatic carbocycles. The zero-order chi connectivity index (χ0) is 17.6. The van der Waals surface area contributed by atoms with Crippen molar-refractivity contribution < 1.29 is 14.3 Å². The molecule has 0 spiro atoms. The molecule has 1 fully saturated rings. The number of amides is 2. The molecular formula is C17H20N4O3S. The molecule has 3 heterocycles. The lowest BCUT2D eigenvalue weighted by molar-refractivity contribution is -0.119. The van der Waals surface area contributed by atoms with Gasteiger partial charge in [0.2, 0.25) is 5.91 Å². The number of nitrogens with zero attached hydrogens (tertiary/aromatic N) is 3. The normalized spacial score (nSPS) is 14.4. The van der Waals surface area contributed by atoms with Crippen LogP contribution in [0.5, 0.6) is 0 Å². The highest BCUT2D eigenvalue weighted by Gasteiger charge is 2.23. The summed E-state index contributed by atoms with van der Waals surface area (Å²) in [6, 6.07) is 7.45. The fourth-order valence-corrected chi connectivity index (χ4v) is 3.36. The fourth-order valence-electron chi connectivity index (χ4n) is 2.67. The number of aromatic nitrogens is 1. The van der Waals surface area contributed by atoms with Gasteiger partial charge in [0.1, 0.15) is 12.4 Å². The largest absolute Gasteiger partial charge is 0.375 e. The monoisotopic (exact) mass is 360 g/mol. The Kier molecular flexibility index (Phi) is 5.62. The number of anilines is 2. The molecule has 0 aromatic carbocycles. The van der Waals surface area contributed by atoms with Gasteiger partial charge in [-0.15, -0.1) is 11.3 Å². The summed E-state index contributed by atoms with van der Waals surface area (Å²) in [5.41, 5.74) is 0.636. The smallest absolute Gasteiger partial charge is 0.264 e. The van der Waals surface area contributed by atoms with Gasteiger partial charge in [0.25, 0.3) is 5.91 Å². The molecule has 7 nitrogen and oxygen atoms in total. The molecule has 1 aliphatic heterocycles. The summed E-state index contributed by atoms with van der Waals surface area (Å²) in [6.45, 7) is 2.83. The maximum absolute atomic E-state index is 12.4. The molecule has 25 heavy (non-hydrogen) atoms. The molecule has 0 bridgehead atoms. The predicted octanol–water partition coefficient (Wildman–Crippen LogP) is 1.69. The van der Waals surface area contributed by atoms with Gasteiger partial charge < -0.3 is 19.9 Å². The number of carbonyl (C=O) groups is 2. The van der Waals surface area contributed by atoms with Crippen LogP contribution in [-0.2, 0) is 9.53 Å². The minimum absolute atomic E-state index is 0.0159. The van der Waals surface area contributed by atoms with Crippen LogP contribution in [0, 0.1) is 0 Å². The van der Waals surface area contributed by atoms with Gasteiger partial charge in [-0.3, -0.25) is 9.59 Å². The van der Waals surface area contributed by atoms with Gasteiger partial charge in [-0.05, 0) is 23.6 Å². The van der Waals surface area contributed by atoms with Crippen molar-refractivity contribution >= 4 is 34.7 Å². The first-order valence-corrected chi connectivity index (χ1v) is 8.88. The third-order valence-electron chi connectivity index (χ3n) is 3.93. The molecule has 2 aromatic heterocycles. The Bertz CT molecular complexity index is 710. The number of pyridine rings is 1. The second kappa shape index (κ2) is 8.09. The summed E-state index contributed by atoms with van der Waals surface area (Å²) < 4.78 is 4.78. The van der Waals surface area contributed by atoms with E-state index in [1.54, 1.807) is 6.20 Å². The third kappa shape index (κ3) is 4.34. The van der Waals surface area contributed by atoms with Crippen molar-refractivity contribution in [3.05, 3.63) is 40.7 Å². The van der Waals surface area contributed by atoms with E-state index in [0.29, 0.717) is 18.8 Å². The Hall–Kier alpha value is -2.45. The van der Waals surface area contributed by atoms with E-state index in [1.165, 1.54) is 18.4 Å². The van der Waals surface area contributed by atoms with Gasteiger partial charge >= 0.3 is 0 Å². The minimum Gasteiger partial charge on any atom is -0.375 e. The molecule has 132 valence electrons. The molecule has 3 rings (SSSR count). The van der Waals surface area contributed by atoms with Gasteiger partial charge in [0.05, 0.1) is 16.8 Å². The van der Waals surface area contributed by atoms with Gasteiger partial charge in [-0.2, -0.15) is 0 Å². The predicted molar refractivity (Wildman–Crippen MR) is 97.2 cm³/mol. The molecule has 0 saturated carbocycles. The molecule has 0 unspecified atom stereocenters. The van der Waals surface area contributed by atoms with E-state index >= 15 is 0 Å². The van der Waals surface area contributed by atoms with Crippen molar-refractivity contribution in [3.8, 4) is 0 Å². The summed E-state index contributed by atoms with van der Waals surface area (Å²) in [7, 11) is 1.48. The molecule has 1 aliphatic rings. The lowest BCUT2D eigenvalue weighted by Gasteiger charge is -2.35. The quantitative estimate of drug-likeness (QED) is 0.878. The SMILES string of the molecule is COCC(=O)Nc1ccc(N2CCN(C(=O)c3cccs3)CC2)nc1. The van der Waals surface area contributed by atoms with Crippen LogP contribution in [0.15, 0.2) is 35.8 Å². The average Bonchev–Trinajstić information content (AvgIpc) is 3.17. The summed E-state index contributed by atoms with van der Waals surface area (Å²) in [5, 5.41) is 4.63. The first-order valence-electron chi connectivity index (χ1n) is 8.00. The minimum atomic E-state index is -0.210. The van der Waals surface area contributed by atoms with E-state index < -0.39 is 0 Å². The molecule has 8 heteroatoms. The van der Waals surface area contributed by atoms with Gasteiger partial charge in [0.15, 0.2) is 0 Å². The lowest BCUT2D eigenvalue weighted by atomic mass is 10.2. The van der Waals surface area contributed by atoms with Crippen molar-refractivity contribution in [2.24, 2.45) is 0 Å². The van der Waals surface area contributed by atoms with Crippen LogP contribution in [0.4, 0.5) is 11.5 Å². The molecule has 2 aromatic rings. The number of methoxy groups -OCH3 is 1. The van der Waals surface area contributed by atoms with E-state index in [-0.39, 0.29) is 18.4 Å². The topological polar surface area (TPSA) is 74.8 Å². The van der Waals surface area contributed by atoms with Crippen LogP contribution in [0.3, 0.4) is 0 Å². The number of carbonyl (C=O) groups excluding carboxylic acids is 2. The van der Waals surface area contributed by atoms with Crippen LogP contribution in [0.2, 0.25) is 0 Å². The Labute approximate surface area is 150 Å². The Morgan fingerprint density at radius 1 is 1.24 bits per heavy atom. The van der Waals surface area contributed by atoms with Crippen molar-refractivity contribution in [2.75, 3.05) is 50.1 Å². The first kappa shape index (κ1) is 17.4. The molecule has 0 atom stereocenters. The van der Waals surface area contributed by atoms with E-state index in [4.69, 9.17) is 4.74 Å². The van der Waals surface area contributed by atoms with Gasteiger partial charge in [0, 0.05) is 33.3 Å². The highest BCUT2D eigenvalue weighted by molar-refractivity contribution is 7.12. The van der Waals surface area contributed by atoms with Crippen molar-refractivity contribution in [2.45, 2.75) is 0 Å². The number of hydrogen-bond acceptors (Lipinski definition) is 6. The second-order valence-corrected chi connectivity index (χ2v) is 6.59. The van der Waals surface area contributed by atoms with E-state index in [0.717, 1.165) is 23.8 Å². The number of piperazine rings is 1. The van der Waals surface area contributed by atoms with Crippen LogP contribution in [-0.4, -0.2) is 61.6 Å². The standard InChI is InChI=1S/C17H20N4O3S/c1-24-12-16(22)19-13-4-5-15(18-11-13)20-6-8-21(9-7-20)17(23)14-3-2-10-25-14/h2-5,10-11H,6-9,12H2,1H3,(H,19,22). The van der Waals surface area contributed by atoms with Crippen molar-refractivity contribution in [1.82, 2.24) is 9.88 Å². The number of ether oxygens (including phenoxy) is 1. The summed E-state index contributed by atoms with van der Waals surface area (Å²) in [6.07, 6.45) is 1.63. The van der Waals surface area contributed by atoms with E-state index in [9.17, 15) is 9.59 Å². The molecule has 1 N–H and O–H groups in total. The van der Waals surface area contributed by atoms with Crippen LogP contribution in [0.25, 0.3) is 0 Å². The third-order valence-corrected chi connectivity index (χ3v) is 4.79. The van der Waals surface area contributed by atoms with Gasteiger partial charge in [-0.1, -0.05) is 6.07 Å². The van der Waals surface area contributed by atoms with E-state index in [1.807, 2.05) is 34.5 Å². The highest BCUT2D eigenvalue weighted by atomic mass is 32.1. The van der Waals surface area contributed by atoms with Crippen molar-refractivity contribution in [1.29, 1.82) is 0 Å². The number of hydrogen-bond donors (Lipinski definition) is 1. The number of nitrogens with one attached hydrogen (secondary N) is 1. The average molecular weight is 360 g/mol. The number of rotatable bonds is 5. The molecule has 0 radical (unpaired) electrons. The molecular weight excluding hydrogens is 340 g/mol. The Morgan fingerprint density at radius 3 is 2.64 bits per heavy atom. The summed E-state index contributed by atoms with van der Waals surface area (Å²) in [4.78, 5) is 33.0. The van der Waals surface area contributed by atoms with E-state index in [2.05, 4.69) is 15.2 Å². The molecule has 2 amide bonds. The maximum Gasteiger partial charge on any atom is 0.264 e. The number of thiophene rings is 1. The van der Waals surface area contributed by atoms with Crippen LogP contribution < -0.4 is 10.2 Å². The molecule has 1 saturated heterocycles. The summed E-state index contributed by atoms with van der Waals surface area (Å²) in [5.74, 6) is 0.726. The zero-order valence-corrected chi connectivity index (χ0v) is 14.8. The van der Waals surface area contributed by atoms with Crippen molar-refractivity contribution in [3.63, 3.8) is 0 Å². The Morgan fingerprint density at radius 2 is 2.04 bits per heavy atom. The maximum atomic E-state index is 12.4. The zero-order valence-electron chi connectivity index (χ0n) is 14.0. The summed E-state index contributed by atoms with van der Waals surface area (Å²) >= 11 is 1.47. The van der Waals surface area contributed by atoms with Crippen LogP contribution >= 0.6 is 11.3 Å². The Balaban J connectivity index is 1.54. The van der Waals surface area contributed by atoms with Crippen LogP contribution in [0.1, 0.15) is 9.67 Å². The first-order chi connectivity index (χ1) is 12.2. The second-order valence-electron chi connectivity index (χ2n) is 5.64. The van der Waals surface area contributed by atoms with Gasteiger partial charge in [-0.25, -0.2) is 4.98 Å². The lowest BCUT2D eigenvalue weighted by Crippen LogP contribution is -2.48. The highest BCUT2D eigenvalue weighted by Crippen LogP contribution is 2.18.